The molecule has 0 aromatic rings. The van der Waals surface area contributed by atoms with Gasteiger partial charge in [0.1, 0.15) is 0 Å². The summed E-state index contributed by atoms with van der Waals surface area (Å²) >= 11 is -5.23. The first kappa shape index (κ1) is 38.3. The third-order valence-corrected chi connectivity index (χ3v) is 25.8. The molecule has 0 heterocycles. The van der Waals surface area contributed by atoms with Gasteiger partial charge in [-0.3, -0.25) is 0 Å². The monoisotopic (exact) mass is 752 g/mol. The van der Waals surface area contributed by atoms with Gasteiger partial charge in [-0.1, -0.05) is 0 Å². The van der Waals surface area contributed by atoms with E-state index in [0.29, 0.717) is 51.6 Å². The summed E-state index contributed by atoms with van der Waals surface area (Å²) in [7, 11) is 0. The minimum absolute atomic E-state index is 0.193. The SMILES string of the molecule is CCCCC(CC)C/C(C(=O)[O][SnH]([CH](C)C)[CH](C)C)=C(\CC(CC)CCCC)C(=O)[O][SnH]([CH](C)C)[CH](C)C. The van der Waals surface area contributed by atoms with Crippen LogP contribution in [0.4, 0.5) is 0 Å². The molecule has 0 amide bonds. The van der Waals surface area contributed by atoms with Crippen LogP contribution < -0.4 is 0 Å². The average Bonchev–Trinajstić information content (AvgIpc) is 2.85. The third kappa shape index (κ3) is 14.3. The topological polar surface area (TPSA) is 52.6 Å². The summed E-state index contributed by atoms with van der Waals surface area (Å²) in [5.74, 6) is 0.386. The summed E-state index contributed by atoms with van der Waals surface area (Å²) < 4.78 is 14.6. The summed E-state index contributed by atoms with van der Waals surface area (Å²) in [6.07, 6.45) is 10.0. The Balaban J connectivity index is 6.81. The van der Waals surface area contributed by atoms with E-state index in [9.17, 15) is 9.59 Å². The zero-order valence-corrected chi connectivity index (χ0v) is 33.9. The van der Waals surface area contributed by atoms with E-state index in [-0.39, 0.29) is 11.9 Å². The van der Waals surface area contributed by atoms with Crippen molar-refractivity contribution in [3.63, 3.8) is 0 Å². The Kier molecular flexibility index (Phi) is 21.2. The minimum atomic E-state index is -2.61. The molecule has 38 heavy (non-hydrogen) atoms. The molecule has 2 unspecified atom stereocenters. The van der Waals surface area contributed by atoms with Crippen LogP contribution in [0.25, 0.3) is 0 Å². The summed E-state index contributed by atoms with van der Waals surface area (Å²) in [6, 6.07) is 0. The number of hydrogen-bond acceptors (Lipinski definition) is 4. The zero-order chi connectivity index (χ0) is 29.4. The summed E-state index contributed by atoms with van der Waals surface area (Å²) in [4.78, 5) is 28.1. The van der Waals surface area contributed by atoms with Crippen molar-refractivity contribution < 1.29 is 15.7 Å². The molecule has 0 N–H and O–H groups in total. The van der Waals surface area contributed by atoms with Crippen LogP contribution in [0.3, 0.4) is 0 Å². The van der Waals surface area contributed by atoms with Gasteiger partial charge in [-0.05, 0) is 0 Å². The van der Waals surface area contributed by atoms with Crippen LogP contribution in [-0.2, 0) is 15.7 Å². The first-order valence-electron chi connectivity index (χ1n) is 16.0. The molecule has 224 valence electrons. The molecule has 2 atom stereocenters. The van der Waals surface area contributed by atoms with Crippen LogP contribution in [0.5, 0.6) is 0 Å². The Hall–Kier alpha value is 0.277. The van der Waals surface area contributed by atoms with Gasteiger partial charge in [-0.2, -0.15) is 0 Å². The van der Waals surface area contributed by atoms with Crippen LogP contribution in [0.1, 0.15) is 147 Å². The maximum atomic E-state index is 14.1. The van der Waals surface area contributed by atoms with Gasteiger partial charge in [0.05, 0.1) is 0 Å². The van der Waals surface area contributed by atoms with Crippen molar-refractivity contribution in [2.45, 2.75) is 163 Å². The van der Waals surface area contributed by atoms with Crippen LogP contribution in [0.15, 0.2) is 11.1 Å². The average molecular weight is 750 g/mol. The van der Waals surface area contributed by atoms with Crippen LogP contribution in [-0.4, -0.2) is 52.3 Å². The van der Waals surface area contributed by atoms with Crippen molar-refractivity contribution in [2.75, 3.05) is 0 Å². The summed E-state index contributed by atoms with van der Waals surface area (Å²) in [5, 5.41) is 0. The molecular weight excluding hydrogens is 686 g/mol. The van der Waals surface area contributed by atoms with Gasteiger partial charge in [0, 0.05) is 0 Å². The first-order valence-corrected chi connectivity index (χ1v) is 26.3. The number of rotatable bonds is 20. The number of unbranched alkanes of at least 4 members (excludes halogenated alkanes) is 2. The van der Waals surface area contributed by atoms with E-state index in [1.807, 2.05) is 0 Å². The molecule has 0 rings (SSSR count). The fourth-order valence-electron chi connectivity index (χ4n) is 5.60. The second-order valence-electron chi connectivity index (χ2n) is 12.9. The quantitative estimate of drug-likeness (QED) is 0.0920. The predicted octanol–water partition coefficient (Wildman–Crippen LogP) is 9.67. The molecule has 0 saturated heterocycles. The van der Waals surface area contributed by atoms with Gasteiger partial charge in [-0.15, -0.1) is 0 Å². The Morgan fingerprint density at radius 1 is 0.553 bits per heavy atom. The molecule has 6 heteroatoms. The Labute approximate surface area is 252 Å². The van der Waals surface area contributed by atoms with Gasteiger partial charge in [0.15, 0.2) is 0 Å². The van der Waals surface area contributed by atoms with Gasteiger partial charge in [0.25, 0.3) is 0 Å². The van der Waals surface area contributed by atoms with E-state index in [1.165, 1.54) is 0 Å². The van der Waals surface area contributed by atoms with Crippen LogP contribution >= 0.6 is 0 Å². The summed E-state index contributed by atoms with van der Waals surface area (Å²) in [5.41, 5.74) is 1.32. The second kappa shape index (κ2) is 21.0. The molecular formula is C32H64O4Sn2. The Morgan fingerprint density at radius 2 is 0.842 bits per heavy atom. The molecule has 4 nitrogen and oxygen atoms in total. The van der Waals surface area contributed by atoms with E-state index in [4.69, 9.17) is 6.15 Å². The van der Waals surface area contributed by atoms with Gasteiger partial charge < -0.3 is 0 Å². The Morgan fingerprint density at radius 3 is 1.05 bits per heavy atom. The molecule has 0 spiro atoms. The van der Waals surface area contributed by atoms with Crippen molar-refractivity contribution in [1.82, 2.24) is 0 Å². The molecule has 0 aliphatic rings. The van der Waals surface area contributed by atoms with E-state index < -0.39 is 40.3 Å². The molecule has 0 bridgehead atoms. The normalized spacial score (nSPS) is 14.6. The number of hydrogen-bond donors (Lipinski definition) is 0. The molecule has 0 saturated carbocycles. The molecule has 0 aromatic heterocycles. The molecule has 0 aromatic carbocycles. The van der Waals surface area contributed by atoms with E-state index >= 15 is 0 Å². The predicted molar refractivity (Wildman–Crippen MR) is 170 cm³/mol. The van der Waals surface area contributed by atoms with E-state index in [0.717, 1.165) is 51.4 Å². The van der Waals surface area contributed by atoms with E-state index in [2.05, 4.69) is 83.1 Å². The van der Waals surface area contributed by atoms with Crippen molar-refractivity contribution in [1.29, 1.82) is 0 Å². The standard InChI is InChI=1S/C20H36O4.4C3H7.2Sn.2H/c1-5-9-11-15(7-3)13-17(19(21)22)18(20(23)24)14-16(8-4)12-10-6-2;4*1-3-2;;;;/h15-16H,5-14H2,1-4H3,(H,21,22)(H,23,24);4*3H,1-2H3;;;;/q;;;;;2*+1;;/p-2/b18-17-;;;;;;;;. The third-order valence-electron chi connectivity index (χ3n) is 8.04. The molecule has 0 fully saturated rings. The molecule has 0 aliphatic carbocycles. The summed E-state index contributed by atoms with van der Waals surface area (Å²) in [6.45, 7) is 26.5. The number of carbonyl (C=O) groups excluding carboxylic acids is 2. The van der Waals surface area contributed by atoms with Crippen molar-refractivity contribution in [3.8, 4) is 0 Å². The fourth-order valence-corrected chi connectivity index (χ4v) is 19.7. The maximum absolute atomic E-state index is 14.1. The number of carbonyl (C=O) groups is 2. The van der Waals surface area contributed by atoms with E-state index in [1.54, 1.807) is 0 Å². The Bertz CT molecular complexity index is 626. The van der Waals surface area contributed by atoms with Crippen LogP contribution in [0.2, 0.25) is 15.7 Å². The van der Waals surface area contributed by atoms with Gasteiger partial charge >= 0.3 is 254 Å². The van der Waals surface area contributed by atoms with Gasteiger partial charge in [-0.25, -0.2) is 0 Å². The van der Waals surface area contributed by atoms with Crippen LogP contribution in [0, 0.1) is 11.8 Å². The zero-order valence-electron chi connectivity index (χ0n) is 27.3. The second-order valence-corrected chi connectivity index (χ2v) is 34.8. The fraction of sp³-hybridized carbons (Fsp3) is 0.875. The first-order chi connectivity index (χ1) is 17.8. The van der Waals surface area contributed by atoms with Crippen molar-refractivity contribution >= 4 is 52.3 Å². The van der Waals surface area contributed by atoms with Gasteiger partial charge in [0.2, 0.25) is 0 Å². The van der Waals surface area contributed by atoms with Crippen molar-refractivity contribution in [3.05, 3.63) is 11.1 Å². The van der Waals surface area contributed by atoms with Crippen molar-refractivity contribution in [2.24, 2.45) is 11.8 Å². The molecule has 0 aliphatic heterocycles. The molecule has 0 radical (unpaired) electrons.